The number of nitrogens with zero attached hydrogens (tertiary/aromatic N) is 3. The molecule has 1 aromatic rings. The average molecular weight is 478 g/mol. The second kappa shape index (κ2) is 9.18. The summed E-state index contributed by atoms with van der Waals surface area (Å²) in [6.45, 7) is 6.61. The van der Waals surface area contributed by atoms with Crippen LogP contribution in [-0.2, 0) is 4.79 Å². The van der Waals surface area contributed by atoms with Crippen LogP contribution in [0.4, 0.5) is 0 Å². The molecule has 0 radical (unpaired) electrons. The number of piperazine rings is 1. The Morgan fingerprint density at radius 3 is 2.44 bits per heavy atom. The first kappa shape index (κ1) is 23.3. The van der Waals surface area contributed by atoms with Crippen LogP contribution < -0.4 is 0 Å². The predicted molar refractivity (Wildman–Crippen MR) is 126 cm³/mol. The molecule has 4 atom stereocenters. The smallest absolute Gasteiger partial charge is 0.253 e. The lowest BCUT2D eigenvalue weighted by Crippen LogP contribution is -2.58. The van der Waals surface area contributed by atoms with Gasteiger partial charge in [0.2, 0.25) is 0 Å². The van der Waals surface area contributed by atoms with Crippen molar-refractivity contribution in [2.24, 2.45) is 0 Å². The third-order valence-electron chi connectivity index (χ3n) is 6.60. The standard InChI is InChI=1S/C24H29Cl2N3O3/c1-16-13-27(11-12-29(16)23(32)18-7-9-24(2,26)10-8-18)20-14-28(15-21(20)30)22(31)17-3-5-19(25)6-4-17/h3-9,16,20-21,30H,10-15H2,1-2H3. The van der Waals surface area contributed by atoms with Gasteiger partial charge in [0.15, 0.2) is 0 Å². The maximum atomic E-state index is 13.0. The molecule has 3 aliphatic rings. The molecule has 2 saturated heterocycles. The van der Waals surface area contributed by atoms with Crippen LogP contribution >= 0.6 is 23.2 Å². The zero-order valence-corrected chi connectivity index (χ0v) is 19.9. The van der Waals surface area contributed by atoms with Crippen LogP contribution in [0.15, 0.2) is 48.1 Å². The van der Waals surface area contributed by atoms with Gasteiger partial charge < -0.3 is 14.9 Å². The summed E-state index contributed by atoms with van der Waals surface area (Å²) < 4.78 is 0. The third-order valence-corrected chi connectivity index (χ3v) is 7.14. The van der Waals surface area contributed by atoms with Gasteiger partial charge in [0.1, 0.15) is 0 Å². The molecule has 8 heteroatoms. The summed E-state index contributed by atoms with van der Waals surface area (Å²) in [5.41, 5.74) is 1.25. The van der Waals surface area contributed by atoms with Crippen LogP contribution in [0.1, 0.15) is 30.6 Å². The first-order valence-electron chi connectivity index (χ1n) is 11.0. The number of alkyl halides is 1. The Balaban J connectivity index is 1.36. The molecule has 2 aliphatic heterocycles. The molecule has 1 aliphatic carbocycles. The number of halogens is 2. The molecule has 6 nitrogen and oxygen atoms in total. The Bertz CT molecular complexity index is 944. The highest BCUT2D eigenvalue weighted by Crippen LogP contribution is 2.29. The summed E-state index contributed by atoms with van der Waals surface area (Å²) in [4.78, 5) is 31.2. The van der Waals surface area contributed by atoms with Crippen molar-refractivity contribution in [3.8, 4) is 0 Å². The third kappa shape index (κ3) is 4.88. The molecule has 172 valence electrons. The number of aliphatic hydroxyl groups excluding tert-OH is 1. The monoisotopic (exact) mass is 477 g/mol. The molecule has 4 unspecified atom stereocenters. The van der Waals surface area contributed by atoms with Crippen molar-refractivity contribution in [3.05, 3.63) is 58.7 Å². The van der Waals surface area contributed by atoms with Gasteiger partial charge in [0.05, 0.1) is 17.0 Å². The zero-order valence-electron chi connectivity index (χ0n) is 18.4. The Morgan fingerprint density at radius 2 is 1.81 bits per heavy atom. The van der Waals surface area contributed by atoms with E-state index in [0.717, 1.165) is 0 Å². The minimum atomic E-state index is -0.619. The second-order valence-electron chi connectivity index (χ2n) is 9.17. The van der Waals surface area contributed by atoms with Crippen LogP contribution in [0.25, 0.3) is 0 Å². The number of rotatable bonds is 3. The lowest BCUT2D eigenvalue weighted by atomic mass is 9.96. The molecule has 0 spiro atoms. The fourth-order valence-electron chi connectivity index (χ4n) is 4.69. The van der Waals surface area contributed by atoms with E-state index in [4.69, 9.17) is 23.2 Å². The number of benzene rings is 1. The maximum absolute atomic E-state index is 13.0. The number of hydrogen-bond acceptors (Lipinski definition) is 4. The van der Waals surface area contributed by atoms with Gasteiger partial charge in [0.25, 0.3) is 11.8 Å². The topological polar surface area (TPSA) is 64.1 Å². The van der Waals surface area contributed by atoms with Crippen LogP contribution in [0, 0.1) is 0 Å². The van der Waals surface area contributed by atoms with Crippen LogP contribution in [0.5, 0.6) is 0 Å². The molecule has 4 rings (SSSR count). The van der Waals surface area contributed by atoms with E-state index in [1.54, 1.807) is 29.2 Å². The van der Waals surface area contributed by atoms with Gasteiger partial charge in [-0.05, 0) is 44.5 Å². The molecule has 0 saturated carbocycles. The SMILES string of the molecule is CC1CN(C2CN(C(=O)c3ccc(Cl)cc3)CC2O)CCN1C(=O)C1=CCC(C)(Cl)C=C1. The van der Waals surface area contributed by atoms with E-state index < -0.39 is 11.0 Å². The van der Waals surface area contributed by atoms with Gasteiger partial charge in [-0.2, -0.15) is 0 Å². The minimum Gasteiger partial charge on any atom is -0.390 e. The molecule has 1 N–H and O–H groups in total. The van der Waals surface area contributed by atoms with Crippen LogP contribution in [-0.4, -0.2) is 87.4 Å². The predicted octanol–water partition coefficient (Wildman–Crippen LogP) is 2.94. The summed E-state index contributed by atoms with van der Waals surface area (Å²) in [6, 6.07) is 6.67. The zero-order chi connectivity index (χ0) is 23.0. The molecule has 0 bridgehead atoms. The molecule has 0 aromatic heterocycles. The van der Waals surface area contributed by atoms with Gasteiger partial charge in [-0.1, -0.05) is 29.8 Å². The van der Waals surface area contributed by atoms with E-state index in [1.807, 2.05) is 37.0 Å². The van der Waals surface area contributed by atoms with Crippen molar-refractivity contribution < 1.29 is 14.7 Å². The molecule has 1 aromatic carbocycles. The van der Waals surface area contributed by atoms with E-state index in [2.05, 4.69) is 4.90 Å². The normalized spacial score (nSPS) is 31.0. The first-order chi connectivity index (χ1) is 15.1. The van der Waals surface area contributed by atoms with Crippen molar-refractivity contribution in [1.82, 2.24) is 14.7 Å². The molecule has 2 fully saturated rings. The Labute approximate surface area is 199 Å². The quantitative estimate of drug-likeness (QED) is 0.679. The first-order valence-corrected chi connectivity index (χ1v) is 11.8. The van der Waals surface area contributed by atoms with Crippen molar-refractivity contribution in [3.63, 3.8) is 0 Å². The van der Waals surface area contributed by atoms with E-state index >= 15 is 0 Å². The largest absolute Gasteiger partial charge is 0.390 e. The summed E-state index contributed by atoms with van der Waals surface area (Å²) in [6.07, 6.45) is 5.62. The van der Waals surface area contributed by atoms with Crippen molar-refractivity contribution in [1.29, 1.82) is 0 Å². The van der Waals surface area contributed by atoms with Gasteiger partial charge >= 0.3 is 0 Å². The number of likely N-dealkylation sites (tertiary alicyclic amines) is 1. The van der Waals surface area contributed by atoms with Crippen molar-refractivity contribution >= 4 is 35.0 Å². The van der Waals surface area contributed by atoms with E-state index in [-0.39, 0.29) is 23.9 Å². The number of carbonyl (C=O) groups is 2. The molecule has 2 amide bonds. The van der Waals surface area contributed by atoms with Crippen LogP contribution in [0.3, 0.4) is 0 Å². The van der Waals surface area contributed by atoms with Gasteiger partial charge in [-0.15, -0.1) is 11.6 Å². The molecule has 2 heterocycles. The van der Waals surface area contributed by atoms with Crippen molar-refractivity contribution in [2.75, 3.05) is 32.7 Å². The van der Waals surface area contributed by atoms with Gasteiger partial charge in [0, 0.05) is 54.9 Å². The minimum absolute atomic E-state index is 0.00285. The van der Waals surface area contributed by atoms with E-state index in [9.17, 15) is 14.7 Å². The summed E-state index contributed by atoms with van der Waals surface area (Å²) >= 11 is 12.2. The maximum Gasteiger partial charge on any atom is 0.253 e. The fourth-order valence-corrected chi connectivity index (χ4v) is 4.96. The number of amides is 2. The second-order valence-corrected chi connectivity index (χ2v) is 10.5. The van der Waals surface area contributed by atoms with E-state index in [0.29, 0.717) is 55.3 Å². The number of allylic oxidation sites excluding steroid dienone is 2. The Kier molecular flexibility index (Phi) is 6.68. The lowest BCUT2D eigenvalue weighted by Gasteiger charge is -2.43. The number of hydrogen-bond donors (Lipinski definition) is 1. The Morgan fingerprint density at radius 1 is 1.09 bits per heavy atom. The van der Waals surface area contributed by atoms with E-state index in [1.165, 1.54) is 0 Å². The highest BCUT2D eigenvalue weighted by molar-refractivity contribution is 6.30. The Hall–Kier alpha value is -1.86. The van der Waals surface area contributed by atoms with Gasteiger partial charge in [-0.3, -0.25) is 14.5 Å². The number of aliphatic hydroxyl groups is 1. The lowest BCUT2D eigenvalue weighted by molar-refractivity contribution is -0.131. The number of β-amino-alcohol motifs (C(OH)–C–C–N with tert-alkyl or cyclic N) is 1. The average Bonchev–Trinajstić information content (AvgIpc) is 3.15. The summed E-state index contributed by atoms with van der Waals surface area (Å²) in [5.74, 6) is -0.0838. The molecular weight excluding hydrogens is 449 g/mol. The van der Waals surface area contributed by atoms with Crippen molar-refractivity contribution in [2.45, 2.75) is 43.3 Å². The summed E-state index contributed by atoms with van der Waals surface area (Å²) in [5, 5.41) is 11.3. The highest BCUT2D eigenvalue weighted by atomic mass is 35.5. The fraction of sp³-hybridized carbons (Fsp3) is 0.500. The molecular formula is C24H29Cl2N3O3. The van der Waals surface area contributed by atoms with Crippen LogP contribution in [0.2, 0.25) is 5.02 Å². The number of carbonyl (C=O) groups excluding carboxylic acids is 2. The van der Waals surface area contributed by atoms with Gasteiger partial charge in [-0.25, -0.2) is 0 Å². The highest BCUT2D eigenvalue weighted by Gasteiger charge is 2.41. The molecule has 32 heavy (non-hydrogen) atoms. The summed E-state index contributed by atoms with van der Waals surface area (Å²) in [7, 11) is 0.